The van der Waals surface area contributed by atoms with Crippen molar-refractivity contribution in [2.24, 2.45) is 16.5 Å². The maximum absolute atomic E-state index is 14.9. The minimum absolute atomic E-state index is 0.000904. The number of nitrogens with two attached hydrogens (primary N) is 2. The lowest BCUT2D eigenvalue weighted by Crippen LogP contribution is -2.36. The number of ether oxygens (including phenoxy) is 1. The van der Waals surface area contributed by atoms with Gasteiger partial charge >= 0.3 is 12.3 Å². The number of rotatable bonds is 4. The van der Waals surface area contributed by atoms with E-state index >= 15 is 0 Å². The monoisotopic (exact) mass is 480 g/mol. The van der Waals surface area contributed by atoms with Crippen LogP contribution >= 0.6 is 0 Å². The van der Waals surface area contributed by atoms with Gasteiger partial charge in [0.25, 0.3) is 0 Å². The molecule has 34 heavy (non-hydrogen) atoms. The van der Waals surface area contributed by atoms with E-state index < -0.39 is 36.5 Å². The van der Waals surface area contributed by atoms with E-state index in [1.807, 2.05) is 0 Å². The number of hydrogen-bond acceptors (Lipinski definition) is 8. The summed E-state index contributed by atoms with van der Waals surface area (Å²) in [5, 5.41) is 6.84. The van der Waals surface area contributed by atoms with Gasteiger partial charge in [-0.1, -0.05) is 0 Å². The first-order valence-corrected chi connectivity index (χ1v) is 9.60. The number of carbonyl (C=O) groups is 1. The fraction of sp³-hybridized carbons (Fsp3) is 0.278. The molecule has 4 N–H and O–H groups in total. The Kier molecular flexibility index (Phi) is 5.95. The number of hydrogen-bond donors (Lipinski definition) is 2. The SMILES string of the molecule is NC(N)=NC(=O)OCc1ccnc(-c2cnc(N3CCn4c(nnc4C(F)(F)F)C3)nc2)c1F. The number of carbonyl (C=O) groups excluding carboxylic acids is 1. The van der Waals surface area contributed by atoms with Crippen LogP contribution in [0.25, 0.3) is 11.3 Å². The number of aliphatic imine (C=N–C) groups is 1. The van der Waals surface area contributed by atoms with E-state index in [9.17, 15) is 22.4 Å². The minimum atomic E-state index is -4.60. The Morgan fingerprint density at radius 2 is 1.88 bits per heavy atom. The Morgan fingerprint density at radius 3 is 2.56 bits per heavy atom. The molecule has 3 aromatic rings. The van der Waals surface area contributed by atoms with Crippen LogP contribution in [0.15, 0.2) is 29.6 Å². The molecule has 0 radical (unpaired) electrons. The Balaban J connectivity index is 1.49. The zero-order valence-corrected chi connectivity index (χ0v) is 17.2. The van der Waals surface area contributed by atoms with E-state index in [4.69, 9.17) is 16.2 Å². The van der Waals surface area contributed by atoms with Crippen LogP contribution in [0.3, 0.4) is 0 Å². The van der Waals surface area contributed by atoms with Crippen molar-refractivity contribution >= 4 is 18.0 Å². The molecule has 0 atom stereocenters. The highest BCUT2D eigenvalue weighted by atomic mass is 19.4. The van der Waals surface area contributed by atoms with E-state index in [-0.39, 0.29) is 48.2 Å². The number of amides is 1. The van der Waals surface area contributed by atoms with Crippen molar-refractivity contribution in [1.82, 2.24) is 29.7 Å². The van der Waals surface area contributed by atoms with Crippen LogP contribution in [0.4, 0.5) is 28.3 Å². The van der Waals surface area contributed by atoms with Crippen molar-refractivity contribution < 1.29 is 27.1 Å². The molecule has 178 valence electrons. The zero-order chi connectivity index (χ0) is 24.5. The van der Waals surface area contributed by atoms with E-state index in [0.717, 1.165) is 4.57 Å². The molecule has 0 saturated heterocycles. The Morgan fingerprint density at radius 1 is 1.15 bits per heavy atom. The third-order valence-corrected chi connectivity index (χ3v) is 4.74. The summed E-state index contributed by atoms with van der Waals surface area (Å²) in [6.07, 6.45) is -1.72. The Hall–Kier alpha value is -4.37. The first-order valence-electron chi connectivity index (χ1n) is 9.60. The molecule has 0 bridgehead atoms. The van der Waals surface area contributed by atoms with Crippen molar-refractivity contribution in [3.8, 4) is 11.3 Å². The number of nitrogens with zero attached hydrogens (tertiary/aromatic N) is 8. The summed E-state index contributed by atoms with van der Waals surface area (Å²) in [4.78, 5) is 28.5. The minimum Gasteiger partial charge on any atom is -0.443 e. The number of halogens is 4. The average molecular weight is 480 g/mol. The second kappa shape index (κ2) is 8.87. The molecule has 1 aliphatic heterocycles. The van der Waals surface area contributed by atoms with Crippen molar-refractivity contribution in [1.29, 1.82) is 0 Å². The number of aromatic nitrogens is 6. The molecule has 0 fully saturated rings. The first-order chi connectivity index (χ1) is 16.1. The van der Waals surface area contributed by atoms with Gasteiger partial charge in [-0.25, -0.2) is 19.2 Å². The molecule has 4 rings (SSSR count). The molecular weight excluding hydrogens is 464 g/mol. The maximum atomic E-state index is 14.9. The molecule has 12 nitrogen and oxygen atoms in total. The third-order valence-electron chi connectivity index (χ3n) is 4.74. The Bertz CT molecular complexity index is 1240. The van der Waals surface area contributed by atoms with Crippen molar-refractivity contribution in [2.45, 2.75) is 25.9 Å². The van der Waals surface area contributed by atoms with Gasteiger partial charge in [0, 0.05) is 42.8 Å². The predicted octanol–water partition coefficient (Wildman–Crippen LogP) is 1.22. The molecular formula is C18H16F4N10O2. The van der Waals surface area contributed by atoms with Crippen LogP contribution in [0.1, 0.15) is 17.2 Å². The zero-order valence-electron chi connectivity index (χ0n) is 17.2. The van der Waals surface area contributed by atoms with Gasteiger partial charge in [-0.3, -0.25) is 4.98 Å². The van der Waals surface area contributed by atoms with Crippen LogP contribution in [-0.2, 0) is 30.6 Å². The lowest BCUT2D eigenvalue weighted by Gasteiger charge is -2.27. The second-order valence-corrected chi connectivity index (χ2v) is 7.01. The summed E-state index contributed by atoms with van der Waals surface area (Å²) in [7, 11) is 0. The largest absolute Gasteiger partial charge is 0.451 e. The van der Waals surface area contributed by atoms with Gasteiger partial charge in [0.2, 0.25) is 11.8 Å². The second-order valence-electron chi connectivity index (χ2n) is 7.01. The predicted molar refractivity (Wildman–Crippen MR) is 107 cm³/mol. The number of fused-ring (bicyclic) bond motifs is 1. The van der Waals surface area contributed by atoms with E-state index in [1.165, 1.54) is 24.7 Å². The lowest BCUT2D eigenvalue weighted by atomic mass is 10.1. The van der Waals surface area contributed by atoms with Gasteiger partial charge < -0.3 is 25.7 Å². The molecule has 0 aliphatic carbocycles. The van der Waals surface area contributed by atoms with Crippen LogP contribution < -0.4 is 16.4 Å². The van der Waals surface area contributed by atoms with Gasteiger partial charge in [-0.15, -0.1) is 15.2 Å². The highest BCUT2D eigenvalue weighted by molar-refractivity contribution is 5.87. The van der Waals surface area contributed by atoms with Crippen LogP contribution in [-0.4, -0.2) is 48.3 Å². The van der Waals surface area contributed by atoms with Crippen molar-refractivity contribution in [2.75, 3.05) is 11.4 Å². The summed E-state index contributed by atoms with van der Waals surface area (Å²) in [5.41, 5.74) is 10.3. The molecule has 0 aromatic carbocycles. The molecule has 3 aromatic heterocycles. The average Bonchev–Trinajstić information content (AvgIpc) is 3.22. The summed E-state index contributed by atoms with van der Waals surface area (Å²) in [6.45, 7) is -0.230. The van der Waals surface area contributed by atoms with Gasteiger partial charge in [-0.2, -0.15) is 13.2 Å². The molecule has 1 aliphatic rings. The molecule has 16 heteroatoms. The van der Waals surface area contributed by atoms with Gasteiger partial charge in [0.05, 0.1) is 6.54 Å². The summed E-state index contributed by atoms with van der Waals surface area (Å²) >= 11 is 0. The smallest absolute Gasteiger partial charge is 0.443 e. The first kappa shape index (κ1) is 22.8. The van der Waals surface area contributed by atoms with Crippen LogP contribution in [0.5, 0.6) is 0 Å². The topological polar surface area (TPSA) is 163 Å². The third kappa shape index (κ3) is 4.69. The van der Waals surface area contributed by atoms with Crippen LogP contribution in [0, 0.1) is 5.82 Å². The fourth-order valence-corrected chi connectivity index (χ4v) is 3.22. The lowest BCUT2D eigenvalue weighted by molar-refractivity contribution is -0.147. The number of alkyl halides is 3. The van der Waals surface area contributed by atoms with Crippen LogP contribution in [0.2, 0.25) is 0 Å². The van der Waals surface area contributed by atoms with Crippen molar-refractivity contribution in [3.05, 3.63) is 47.7 Å². The number of guanidine groups is 1. The van der Waals surface area contributed by atoms with Gasteiger partial charge in [0.15, 0.2) is 17.6 Å². The standard InChI is InChI=1S/C18H16F4N10O2/c19-12-9(8-34-17(33)28-15(23)24)1-2-25-13(12)10-5-26-16(27-6-10)31-3-4-32-11(7-31)29-30-14(32)18(20,21)22/h1-2,5-6H,3-4,7-8H2,(H4,23,24,28,33). The highest BCUT2D eigenvalue weighted by Crippen LogP contribution is 2.30. The molecule has 4 heterocycles. The Labute approximate surface area is 188 Å². The molecule has 0 unspecified atom stereocenters. The van der Waals surface area contributed by atoms with Gasteiger partial charge in [-0.05, 0) is 6.07 Å². The number of anilines is 1. The summed E-state index contributed by atoms with van der Waals surface area (Å²) in [6, 6.07) is 1.32. The molecule has 0 spiro atoms. The van der Waals surface area contributed by atoms with E-state index in [2.05, 4.69) is 30.1 Å². The van der Waals surface area contributed by atoms with E-state index in [1.54, 1.807) is 4.90 Å². The quantitative estimate of drug-likeness (QED) is 0.315. The van der Waals surface area contributed by atoms with Gasteiger partial charge in [0.1, 0.15) is 12.3 Å². The summed E-state index contributed by atoms with van der Waals surface area (Å²) < 4.78 is 59.7. The fourth-order valence-electron chi connectivity index (χ4n) is 3.22. The normalized spacial score (nSPS) is 13.4. The molecule has 0 saturated carbocycles. The highest BCUT2D eigenvalue weighted by Gasteiger charge is 2.39. The number of pyridine rings is 1. The maximum Gasteiger partial charge on any atom is 0.451 e. The van der Waals surface area contributed by atoms with Crippen molar-refractivity contribution in [3.63, 3.8) is 0 Å². The summed E-state index contributed by atoms with van der Waals surface area (Å²) in [5.74, 6) is -1.96. The molecule has 1 amide bonds. The van der Waals surface area contributed by atoms with E-state index in [0.29, 0.717) is 0 Å².